The number of carbonyl (C=O) groups is 1. The number of thioether (sulfide) groups is 1. The predicted octanol–water partition coefficient (Wildman–Crippen LogP) is 1.18. The minimum absolute atomic E-state index is 0.158. The Morgan fingerprint density at radius 1 is 1.37 bits per heavy atom. The van der Waals surface area contributed by atoms with E-state index in [0.29, 0.717) is 28.8 Å². The number of carbonyl (C=O) groups excluding carboxylic acids is 1. The van der Waals surface area contributed by atoms with E-state index in [4.69, 9.17) is 5.84 Å². The van der Waals surface area contributed by atoms with Gasteiger partial charge in [-0.05, 0) is 40.0 Å². The van der Waals surface area contributed by atoms with Gasteiger partial charge in [0, 0.05) is 12.1 Å². The van der Waals surface area contributed by atoms with Gasteiger partial charge in [-0.25, -0.2) is 4.68 Å². The second-order valence-electron chi connectivity index (χ2n) is 5.12. The van der Waals surface area contributed by atoms with Crippen molar-refractivity contribution in [2.75, 3.05) is 11.6 Å². The molecule has 2 heterocycles. The van der Waals surface area contributed by atoms with Crippen molar-refractivity contribution < 1.29 is 4.79 Å². The zero-order valence-corrected chi connectivity index (χ0v) is 12.5. The molecular weight excluding hydrogens is 262 g/mol. The summed E-state index contributed by atoms with van der Waals surface area (Å²) in [7, 11) is 0. The summed E-state index contributed by atoms with van der Waals surface area (Å²) in [5.41, 5.74) is 0. The summed E-state index contributed by atoms with van der Waals surface area (Å²) < 4.78 is 1.42. The molecule has 106 valence electrons. The summed E-state index contributed by atoms with van der Waals surface area (Å²) >= 11 is 1.35. The third-order valence-electron chi connectivity index (χ3n) is 3.64. The minimum Gasteiger partial charge on any atom is -0.337 e. The fraction of sp³-hybridized carbons (Fsp3) is 0.750. The van der Waals surface area contributed by atoms with Crippen LogP contribution in [0.1, 0.15) is 38.9 Å². The number of nitrogens with two attached hydrogens (primary N) is 1. The molecule has 1 aliphatic heterocycles. The average Bonchev–Trinajstić information content (AvgIpc) is 2.67. The summed E-state index contributed by atoms with van der Waals surface area (Å²) in [6.07, 6.45) is 3.38. The van der Waals surface area contributed by atoms with Crippen molar-refractivity contribution in [3.8, 4) is 0 Å². The van der Waals surface area contributed by atoms with Crippen LogP contribution in [0, 0.1) is 6.92 Å². The van der Waals surface area contributed by atoms with E-state index in [1.54, 1.807) is 6.92 Å². The topological polar surface area (TPSA) is 77.0 Å². The van der Waals surface area contributed by atoms with Crippen molar-refractivity contribution in [3.05, 3.63) is 5.82 Å². The molecule has 6 nitrogen and oxygen atoms in total. The molecule has 0 spiro atoms. The summed E-state index contributed by atoms with van der Waals surface area (Å²) in [5.74, 6) is 6.94. The molecule has 1 aliphatic rings. The van der Waals surface area contributed by atoms with E-state index >= 15 is 0 Å². The molecule has 1 fully saturated rings. The SMILES string of the molecule is Cc1nnc(SCC(=O)N2[C@H](C)CCC[C@H]2C)n1N. The number of nitrogens with zero attached hydrogens (tertiary/aromatic N) is 4. The minimum atomic E-state index is 0.158. The lowest BCUT2D eigenvalue weighted by molar-refractivity contribution is -0.134. The smallest absolute Gasteiger partial charge is 0.233 e. The molecule has 2 rings (SSSR count). The molecule has 1 aromatic rings. The van der Waals surface area contributed by atoms with Gasteiger partial charge < -0.3 is 10.7 Å². The van der Waals surface area contributed by atoms with Gasteiger partial charge in [0.25, 0.3) is 0 Å². The summed E-state index contributed by atoms with van der Waals surface area (Å²) in [5, 5.41) is 8.42. The standard InChI is InChI=1S/C12H21N5OS/c1-8-5-4-6-9(2)16(8)11(18)7-19-12-15-14-10(3)17(12)13/h8-9H,4-7,13H2,1-3H3/t8-,9-/m1/s1. The van der Waals surface area contributed by atoms with Crippen LogP contribution in [0.2, 0.25) is 0 Å². The fourth-order valence-corrected chi connectivity index (χ4v) is 3.33. The molecule has 0 radical (unpaired) electrons. The molecule has 1 amide bonds. The van der Waals surface area contributed by atoms with Gasteiger partial charge in [0.1, 0.15) is 5.82 Å². The summed E-state index contributed by atoms with van der Waals surface area (Å²) in [6.45, 7) is 6.02. The van der Waals surface area contributed by atoms with Crippen LogP contribution in [0.25, 0.3) is 0 Å². The van der Waals surface area contributed by atoms with Crippen LogP contribution >= 0.6 is 11.8 Å². The van der Waals surface area contributed by atoms with Gasteiger partial charge in [0.2, 0.25) is 11.1 Å². The van der Waals surface area contributed by atoms with Crippen LogP contribution in [-0.2, 0) is 4.79 Å². The summed E-state index contributed by atoms with van der Waals surface area (Å²) in [6, 6.07) is 0.656. The van der Waals surface area contributed by atoms with E-state index < -0.39 is 0 Å². The number of hydrogen-bond donors (Lipinski definition) is 1. The van der Waals surface area contributed by atoms with Crippen molar-refractivity contribution in [3.63, 3.8) is 0 Å². The maximum Gasteiger partial charge on any atom is 0.233 e. The Morgan fingerprint density at radius 3 is 2.53 bits per heavy atom. The predicted molar refractivity (Wildman–Crippen MR) is 75.3 cm³/mol. The molecule has 0 aromatic carbocycles. The maximum atomic E-state index is 12.3. The molecule has 0 saturated carbocycles. The number of aryl methyl sites for hydroxylation is 1. The molecule has 19 heavy (non-hydrogen) atoms. The molecule has 0 bridgehead atoms. The van der Waals surface area contributed by atoms with Crippen molar-refractivity contribution in [1.82, 2.24) is 19.8 Å². The van der Waals surface area contributed by atoms with E-state index in [0.717, 1.165) is 12.8 Å². The van der Waals surface area contributed by atoms with E-state index in [-0.39, 0.29) is 5.91 Å². The van der Waals surface area contributed by atoms with Crippen molar-refractivity contribution in [2.45, 2.75) is 57.3 Å². The number of rotatable bonds is 3. The summed E-state index contributed by atoms with van der Waals surface area (Å²) in [4.78, 5) is 14.3. The van der Waals surface area contributed by atoms with Gasteiger partial charge in [-0.2, -0.15) is 0 Å². The molecule has 0 aliphatic carbocycles. The van der Waals surface area contributed by atoms with E-state index in [2.05, 4.69) is 24.0 Å². The molecule has 0 unspecified atom stereocenters. The monoisotopic (exact) mass is 283 g/mol. The van der Waals surface area contributed by atoms with E-state index in [1.165, 1.54) is 22.9 Å². The quantitative estimate of drug-likeness (QED) is 0.666. The Kier molecular flexibility index (Phi) is 4.34. The Bertz CT molecular complexity index is 451. The van der Waals surface area contributed by atoms with Gasteiger partial charge in [0.15, 0.2) is 0 Å². The first-order valence-corrected chi connectivity index (χ1v) is 7.60. The molecule has 1 aromatic heterocycles. The van der Waals surface area contributed by atoms with Crippen LogP contribution in [0.4, 0.5) is 0 Å². The second-order valence-corrected chi connectivity index (χ2v) is 6.06. The molecule has 2 N–H and O–H groups in total. The first-order chi connectivity index (χ1) is 9.00. The van der Waals surface area contributed by atoms with Gasteiger partial charge in [-0.15, -0.1) is 10.2 Å². The van der Waals surface area contributed by atoms with Gasteiger partial charge >= 0.3 is 0 Å². The van der Waals surface area contributed by atoms with Gasteiger partial charge in [-0.1, -0.05) is 11.8 Å². The largest absolute Gasteiger partial charge is 0.337 e. The molecule has 1 saturated heterocycles. The highest BCUT2D eigenvalue weighted by Crippen LogP contribution is 2.24. The highest BCUT2D eigenvalue weighted by Gasteiger charge is 2.28. The molecular formula is C12H21N5OS. The Balaban J connectivity index is 1.95. The van der Waals surface area contributed by atoms with Crippen LogP contribution in [0.15, 0.2) is 5.16 Å². The van der Waals surface area contributed by atoms with Gasteiger partial charge in [0.05, 0.1) is 5.75 Å². The van der Waals surface area contributed by atoms with E-state index in [1.807, 2.05) is 4.90 Å². The van der Waals surface area contributed by atoms with Crippen molar-refractivity contribution >= 4 is 17.7 Å². The number of likely N-dealkylation sites (tertiary alicyclic amines) is 1. The first-order valence-electron chi connectivity index (χ1n) is 6.61. The average molecular weight is 283 g/mol. The lowest BCUT2D eigenvalue weighted by Gasteiger charge is -2.39. The van der Waals surface area contributed by atoms with Crippen LogP contribution < -0.4 is 5.84 Å². The molecule has 2 atom stereocenters. The highest BCUT2D eigenvalue weighted by atomic mass is 32.2. The molecule has 7 heteroatoms. The Morgan fingerprint density at radius 2 is 2.00 bits per heavy atom. The number of piperidine rings is 1. The number of aromatic nitrogens is 3. The van der Waals surface area contributed by atoms with Crippen LogP contribution in [0.5, 0.6) is 0 Å². The third kappa shape index (κ3) is 3.02. The highest BCUT2D eigenvalue weighted by molar-refractivity contribution is 7.99. The van der Waals surface area contributed by atoms with Crippen LogP contribution in [0.3, 0.4) is 0 Å². The normalized spacial score (nSPS) is 23.6. The second kappa shape index (κ2) is 5.81. The van der Waals surface area contributed by atoms with Crippen molar-refractivity contribution in [2.24, 2.45) is 0 Å². The fourth-order valence-electron chi connectivity index (χ4n) is 2.56. The third-order valence-corrected chi connectivity index (χ3v) is 4.57. The number of hydrogen-bond acceptors (Lipinski definition) is 5. The number of nitrogen functional groups attached to an aromatic ring is 1. The zero-order valence-electron chi connectivity index (χ0n) is 11.7. The lowest BCUT2D eigenvalue weighted by Crippen LogP contribution is -2.48. The Labute approximate surface area is 117 Å². The Hall–Kier alpha value is -1.24. The van der Waals surface area contributed by atoms with Gasteiger partial charge in [-0.3, -0.25) is 4.79 Å². The van der Waals surface area contributed by atoms with Crippen molar-refractivity contribution in [1.29, 1.82) is 0 Å². The number of amides is 1. The first kappa shape index (κ1) is 14.2. The van der Waals surface area contributed by atoms with E-state index in [9.17, 15) is 4.79 Å². The lowest BCUT2D eigenvalue weighted by atomic mass is 9.98. The zero-order chi connectivity index (χ0) is 14.0. The maximum absolute atomic E-state index is 12.3. The van der Waals surface area contributed by atoms with Crippen LogP contribution in [-0.4, -0.2) is 43.5 Å².